The molecule has 4 nitrogen and oxygen atoms in total. The summed E-state index contributed by atoms with van der Waals surface area (Å²) >= 11 is 0. The Morgan fingerprint density at radius 1 is 0.931 bits per heavy atom. The molecule has 29 heavy (non-hydrogen) atoms. The van der Waals surface area contributed by atoms with Crippen molar-refractivity contribution < 1.29 is 18.7 Å². The molecule has 0 heterocycles. The van der Waals surface area contributed by atoms with Crippen LogP contribution in [0.3, 0.4) is 0 Å². The van der Waals surface area contributed by atoms with Gasteiger partial charge in [-0.05, 0) is 94.0 Å². The Labute approximate surface area is 177 Å². The average Bonchev–Trinajstić information content (AvgIpc) is 2.66. The number of phenols is 1. The van der Waals surface area contributed by atoms with Crippen molar-refractivity contribution in [2.45, 2.75) is 72.1 Å². The number of ether oxygens (including phenoxy) is 1. The van der Waals surface area contributed by atoms with Gasteiger partial charge in [0.05, 0.1) is 6.61 Å². The van der Waals surface area contributed by atoms with Gasteiger partial charge in [0.2, 0.25) is 0 Å². The molecule has 2 rings (SSSR count). The van der Waals surface area contributed by atoms with Crippen LogP contribution in [0.15, 0.2) is 42.5 Å². The van der Waals surface area contributed by atoms with Crippen LogP contribution in [0.5, 0.6) is 11.5 Å². The van der Waals surface area contributed by atoms with E-state index in [1.165, 1.54) is 0 Å². The van der Waals surface area contributed by atoms with E-state index in [1.807, 2.05) is 24.3 Å². The van der Waals surface area contributed by atoms with E-state index in [4.69, 9.17) is 13.6 Å². The van der Waals surface area contributed by atoms with Crippen LogP contribution in [0, 0.1) is 0 Å². The second-order valence-electron chi connectivity index (χ2n) is 7.77. The van der Waals surface area contributed by atoms with Gasteiger partial charge in [-0.3, -0.25) is 0 Å². The Morgan fingerprint density at radius 3 is 2.17 bits per heavy atom. The molecule has 1 radical (unpaired) electrons. The molecule has 2 aromatic carbocycles. The number of phenolic OH excluding ortho intramolecular Hbond substituents is 1. The highest BCUT2D eigenvalue weighted by atomic mass is 28.3. The molecule has 0 aromatic heterocycles. The molecule has 0 aliphatic rings. The Balaban J connectivity index is 2.07. The van der Waals surface area contributed by atoms with Gasteiger partial charge in [0, 0.05) is 12.2 Å². The molecule has 5 heteroatoms. The van der Waals surface area contributed by atoms with E-state index in [9.17, 15) is 5.11 Å². The van der Waals surface area contributed by atoms with Gasteiger partial charge in [-0.2, -0.15) is 0 Å². The second-order valence-corrected chi connectivity index (χ2v) is 9.49. The van der Waals surface area contributed by atoms with Gasteiger partial charge in [-0.25, -0.2) is 0 Å². The molecule has 0 aliphatic heterocycles. The standard InChI is InChI=1S/C24H35O4Si/c1-6-15-26-23-12-9-20(10-13-23)24-14-11-22(25)17-21(24)8-7-16-29(27-18(2)3)28-19(4)5/h9-14,17-19,25H,6-8,15-16H2,1-5H3. The van der Waals surface area contributed by atoms with Gasteiger partial charge < -0.3 is 18.7 Å². The second kappa shape index (κ2) is 12.0. The van der Waals surface area contributed by atoms with Crippen molar-refractivity contribution in [3.63, 3.8) is 0 Å². The number of benzene rings is 2. The molecule has 0 saturated heterocycles. The first-order chi connectivity index (χ1) is 13.9. The Morgan fingerprint density at radius 2 is 1.59 bits per heavy atom. The lowest BCUT2D eigenvalue weighted by atomic mass is 9.96. The molecule has 0 amide bonds. The van der Waals surface area contributed by atoms with Crippen LogP contribution in [0.2, 0.25) is 6.04 Å². The smallest absolute Gasteiger partial charge is 0.385 e. The zero-order valence-corrected chi connectivity index (χ0v) is 19.4. The van der Waals surface area contributed by atoms with E-state index in [2.05, 4.69) is 46.8 Å². The van der Waals surface area contributed by atoms with Crippen molar-refractivity contribution >= 4 is 9.28 Å². The van der Waals surface area contributed by atoms with Crippen LogP contribution in [0.4, 0.5) is 0 Å². The molecule has 1 N–H and O–H groups in total. The molecule has 2 aromatic rings. The molecule has 0 bridgehead atoms. The summed E-state index contributed by atoms with van der Waals surface area (Å²) in [6.45, 7) is 11.0. The van der Waals surface area contributed by atoms with Crippen molar-refractivity contribution in [1.82, 2.24) is 0 Å². The highest BCUT2D eigenvalue weighted by Gasteiger charge is 2.19. The number of aromatic hydroxyl groups is 1. The van der Waals surface area contributed by atoms with Gasteiger partial charge in [-0.1, -0.05) is 25.1 Å². The van der Waals surface area contributed by atoms with Crippen LogP contribution >= 0.6 is 0 Å². The first-order valence-electron chi connectivity index (χ1n) is 10.6. The predicted molar refractivity (Wildman–Crippen MR) is 121 cm³/mol. The normalized spacial score (nSPS) is 11.6. The largest absolute Gasteiger partial charge is 0.508 e. The van der Waals surface area contributed by atoms with Gasteiger partial charge in [0.1, 0.15) is 11.5 Å². The molecule has 159 valence electrons. The van der Waals surface area contributed by atoms with Gasteiger partial charge in [0.15, 0.2) is 0 Å². The molecule has 0 unspecified atom stereocenters. The maximum atomic E-state index is 10.0. The Kier molecular flexibility index (Phi) is 9.71. The summed E-state index contributed by atoms with van der Waals surface area (Å²) < 4.78 is 17.7. The summed E-state index contributed by atoms with van der Waals surface area (Å²) in [5, 5.41) is 10.0. The predicted octanol–water partition coefficient (Wildman–Crippen LogP) is 6.12. The van der Waals surface area contributed by atoms with Crippen molar-refractivity contribution in [1.29, 1.82) is 0 Å². The molecule has 0 fully saturated rings. The van der Waals surface area contributed by atoms with E-state index in [0.29, 0.717) is 5.75 Å². The minimum Gasteiger partial charge on any atom is -0.508 e. The highest BCUT2D eigenvalue weighted by molar-refractivity contribution is 6.44. The highest BCUT2D eigenvalue weighted by Crippen LogP contribution is 2.30. The van der Waals surface area contributed by atoms with E-state index in [0.717, 1.165) is 54.4 Å². The van der Waals surface area contributed by atoms with Crippen molar-refractivity contribution in [3.8, 4) is 22.6 Å². The van der Waals surface area contributed by atoms with Gasteiger partial charge in [0.25, 0.3) is 0 Å². The van der Waals surface area contributed by atoms with Crippen molar-refractivity contribution in [2.24, 2.45) is 0 Å². The van der Waals surface area contributed by atoms with Crippen LogP contribution < -0.4 is 4.74 Å². The van der Waals surface area contributed by atoms with E-state index < -0.39 is 9.28 Å². The zero-order chi connectivity index (χ0) is 21.2. The molecule has 0 aliphatic carbocycles. The summed E-state index contributed by atoms with van der Waals surface area (Å²) in [6, 6.07) is 14.7. The van der Waals surface area contributed by atoms with Crippen LogP contribution in [-0.2, 0) is 15.3 Å². The first kappa shape index (κ1) is 23.5. The van der Waals surface area contributed by atoms with E-state index in [-0.39, 0.29) is 12.2 Å². The van der Waals surface area contributed by atoms with E-state index in [1.54, 1.807) is 6.07 Å². The van der Waals surface area contributed by atoms with E-state index >= 15 is 0 Å². The van der Waals surface area contributed by atoms with Crippen molar-refractivity contribution in [3.05, 3.63) is 48.0 Å². The zero-order valence-electron chi connectivity index (χ0n) is 18.4. The summed E-state index contributed by atoms with van der Waals surface area (Å²) in [4.78, 5) is 0. The van der Waals surface area contributed by atoms with Gasteiger partial charge >= 0.3 is 9.28 Å². The molecule has 0 atom stereocenters. The summed E-state index contributed by atoms with van der Waals surface area (Å²) in [5.41, 5.74) is 3.42. The third-order valence-electron chi connectivity index (χ3n) is 4.29. The Hall–Kier alpha value is -1.82. The summed E-state index contributed by atoms with van der Waals surface area (Å²) in [6.07, 6.45) is 3.17. The summed E-state index contributed by atoms with van der Waals surface area (Å²) in [5.74, 6) is 1.19. The summed E-state index contributed by atoms with van der Waals surface area (Å²) in [7, 11) is -1.29. The Bertz CT molecular complexity index is 718. The molecule has 0 spiro atoms. The monoisotopic (exact) mass is 415 g/mol. The topological polar surface area (TPSA) is 47.9 Å². The molecular weight excluding hydrogens is 380 g/mol. The third-order valence-corrected chi connectivity index (χ3v) is 6.52. The fraction of sp³-hybridized carbons (Fsp3) is 0.500. The quantitative estimate of drug-likeness (QED) is 0.424. The lowest BCUT2D eigenvalue weighted by Crippen LogP contribution is -2.29. The number of hydrogen-bond donors (Lipinski definition) is 1. The fourth-order valence-corrected chi connectivity index (χ4v) is 4.92. The third kappa shape index (κ3) is 8.21. The van der Waals surface area contributed by atoms with Crippen molar-refractivity contribution in [2.75, 3.05) is 6.61 Å². The number of aryl methyl sites for hydroxylation is 1. The average molecular weight is 416 g/mol. The lowest BCUT2D eigenvalue weighted by Gasteiger charge is -2.20. The lowest BCUT2D eigenvalue weighted by molar-refractivity contribution is 0.129. The number of rotatable bonds is 12. The van der Waals surface area contributed by atoms with Crippen LogP contribution in [0.1, 0.15) is 53.0 Å². The van der Waals surface area contributed by atoms with Crippen LogP contribution in [-0.4, -0.2) is 33.2 Å². The minimum absolute atomic E-state index is 0.174. The van der Waals surface area contributed by atoms with Gasteiger partial charge in [-0.15, -0.1) is 0 Å². The molecular formula is C24H35O4Si. The number of hydrogen-bond acceptors (Lipinski definition) is 4. The minimum atomic E-state index is -1.29. The SMILES string of the molecule is CCCOc1ccc(-c2ccc(O)cc2CCC[Si](OC(C)C)OC(C)C)cc1. The molecule has 0 saturated carbocycles. The maximum absolute atomic E-state index is 10.0. The first-order valence-corrected chi connectivity index (χ1v) is 12.2. The fourth-order valence-electron chi connectivity index (χ4n) is 3.11. The maximum Gasteiger partial charge on any atom is 0.385 e. The van der Waals surface area contributed by atoms with Crippen LogP contribution in [0.25, 0.3) is 11.1 Å².